The Morgan fingerprint density at radius 2 is 2.25 bits per heavy atom. The van der Waals surface area contributed by atoms with Crippen molar-refractivity contribution in [2.75, 3.05) is 31.6 Å². The van der Waals surface area contributed by atoms with E-state index in [0.29, 0.717) is 24.4 Å². The van der Waals surface area contributed by atoms with Gasteiger partial charge in [0.2, 0.25) is 5.88 Å². The fraction of sp³-hybridized carbons (Fsp3) is 0.733. The number of nitrogens with zero attached hydrogens (tertiary/aromatic N) is 3. The van der Waals surface area contributed by atoms with Crippen LogP contribution < -0.4 is 10.1 Å². The summed E-state index contributed by atoms with van der Waals surface area (Å²) >= 11 is 0. The lowest BCUT2D eigenvalue weighted by atomic mass is 10.1. The van der Waals surface area contributed by atoms with Crippen LogP contribution in [0.4, 0.5) is 5.82 Å². The maximum Gasteiger partial charge on any atom is 0.218 e. The molecule has 1 aromatic heterocycles. The molecule has 5 heteroatoms. The SMILES string of the molecule is CCOc1cc(NCC2CCN(C(C)C)C2)nc(C)n1. The molecule has 1 N–H and O–H groups in total. The molecule has 1 aliphatic heterocycles. The van der Waals surface area contributed by atoms with Crippen LogP contribution in [-0.2, 0) is 0 Å². The van der Waals surface area contributed by atoms with E-state index >= 15 is 0 Å². The van der Waals surface area contributed by atoms with Gasteiger partial charge in [0.25, 0.3) is 0 Å². The Morgan fingerprint density at radius 1 is 1.45 bits per heavy atom. The molecule has 112 valence electrons. The van der Waals surface area contributed by atoms with E-state index in [0.717, 1.165) is 18.2 Å². The minimum atomic E-state index is 0.627. The largest absolute Gasteiger partial charge is 0.478 e. The van der Waals surface area contributed by atoms with Crippen molar-refractivity contribution in [3.8, 4) is 5.88 Å². The van der Waals surface area contributed by atoms with Gasteiger partial charge < -0.3 is 15.0 Å². The number of hydrogen-bond donors (Lipinski definition) is 1. The lowest BCUT2D eigenvalue weighted by Crippen LogP contribution is -2.29. The van der Waals surface area contributed by atoms with Gasteiger partial charge in [-0.25, -0.2) is 4.98 Å². The summed E-state index contributed by atoms with van der Waals surface area (Å²) in [6, 6.07) is 2.52. The van der Waals surface area contributed by atoms with Crippen LogP contribution in [0.3, 0.4) is 0 Å². The molecule has 0 spiro atoms. The monoisotopic (exact) mass is 278 g/mol. The second-order valence-corrected chi connectivity index (χ2v) is 5.70. The van der Waals surface area contributed by atoms with Gasteiger partial charge in [0.05, 0.1) is 6.61 Å². The van der Waals surface area contributed by atoms with Gasteiger partial charge in [-0.05, 0) is 46.6 Å². The van der Waals surface area contributed by atoms with Crippen molar-refractivity contribution in [3.63, 3.8) is 0 Å². The molecule has 2 heterocycles. The first-order valence-electron chi connectivity index (χ1n) is 7.55. The van der Waals surface area contributed by atoms with E-state index in [1.807, 2.05) is 19.9 Å². The Bertz CT molecular complexity index is 436. The van der Waals surface area contributed by atoms with E-state index in [-0.39, 0.29) is 0 Å². The first kappa shape index (κ1) is 15.0. The molecule has 0 radical (unpaired) electrons. The van der Waals surface area contributed by atoms with E-state index in [2.05, 4.69) is 34.0 Å². The Balaban J connectivity index is 1.88. The van der Waals surface area contributed by atoms with Crippen molar-refractivity contribution in [2.45, 2.75) is 40.2 Å². The minimum absolute atomic E-state index is 0.627. The molecule has 0 bridgehead atoms. The standard InChI is InChI=1S/C15H26N4O/c1-5-20-15-8-14(17-12(4)18-15)16-9-13-6-7-19(10-13)11(2)3/h8,11,13H,5-7,9-10H2,1-4H3,(H,16,17,18). The molecule has 20 heavy (non-hydrogen) atoms. The zero-order chi connectivity index (χ0) is 14.5. The smallest absolute Gasteiger partial charge is 0.218 e. The first-order chi connectivity index (χ1) is 9.58. The van der Waals surface area contributed by atoms with Crippen LogP contribution in [-0.4, -0.2) is 47.2 Å². The highest BCUT2D eigenvalue weighted by atomic mass is 16.5. The number of likely N-dealkylation sites (tertiary alicyclic amines) is 1. The normalized spacial score (nSPS) is 19.6. The van der Waals surface area contributed by atoms with E-state index in [1.54, 1.807) is 0 Å². The number of aromatic nitrogens is 2. The number of anilines is 1. The van der Waals surface area contributed by atoms with Crippen LogP contribution in [0.2, 0.25) is 0 Å². The highest BCUT2D eigenvalue weighted by Crippen LogP contribution is 2.20. The van der Waals surface area contributed by atoms with Gasteiger partial charge in [-0.3, -0.25) is 0 Å². The molecule has 1 aliphatic rings. The Kier molecular flexibility index (Phi) is 5.17. The quantitative estimate of drug-likeness (QED) is 0.865. The summed E-state index contributed by atoms with van der Waals surface area (Å²) in [5.41, 5.74) is 0. The predicted octanol–water partition coefficient (Wildman–Crippen LogP) is 2.33. The van der Waals surface area contributed by atoms with Crippen molar-refractivity contribution in [1.29, 1.82) is 0 Å². The maximum absolute atomic E-state index is 5.45. The maximum atomic E-state index is 5.45. The van der Waals surface area contributed by atoms with Gasteiger partial charge in [-0.15, -0.1) is 0 Å². The minimum Gasteiger partial charge on any atom is -0.478 e. The molecule has 1 unspecified atom stereocenters. The summed E-state index contributed by atoms with van der Waals surface area (Å²) in [6.45, 7) is 12.3. The summed E-state index contributed by atoms with van der Waals surface area (Å²) in [7, 11) is 0. The molecule has 0 aliphatic carbocycles. The fourth-order valence-corrected chi connectivity index (χ4v) is 2.60. The van der Waals surface area contributed by atoms with E-state index in [9.17, 15) is 0 Å². The van der Waals surface area contributed by atoms with Crippen LogP contribution in [0.5, 0.6) is 5.88 Å². The average Bonchev–Trinajstić information content (AvgIpc) is 2.85. The number of aryl methyl sites for hydroxylation is 1. The van der Waals surface area contributed by atoms with E-state index in [4.69, 9.17) is 4.74 Å². The van der Waals surface area contributed by atoms with Gasteiger partial charge in [-0.1, -0.05) is 0 Å². The lowest BCUT2D eigenvalue weighted by molar-refractivity contribution is 0.266. The van der Waals surface area contributed by atoms with Crippen molar-refractivity contribution in [1.82, 2.24) is 14.9 Å². The van der Waals surface area contributed by atoms with Crippen LogP contribution >= 0.6 is 0 Å². The second-order valence-electron chi connectivity index (χ2n) is 5.70. The molecule has 0 amide bonds. The highest BCUT2D eigenvalue weighted by molar-refractivity contribution is 5.38. The van der Waals surface area contributed by atoms with Crippen LogP contribution in [0, 0.1) is 12.8 Å². The molecule has 1 aromatic rings. The molecule has 1 saturated heterocycles. The summed E-state index contributed by atoms with van der Waals surface area (Å²) in [6.07, 6.45) is 1.26. The van der Waals surface area contributed by atoms with Gasteiger partial charge in [0.1, 0.15) is 11.6 Å². The molecule has 1 fully saturated rings. The third kappa shape index (κ3) is 4.07. The lowest BCUT2D eigenvalue weighted by Gasteiger charge is -2.20. The zero-order valence-electron chi connectivity index (χ0n) is 13.0. The van der Waals surface area contributed by atoms with Gasteiger partial charge >= 0.3 is 0 Å². The van der Waals surface area contributed by atoms with Crippen molar-refractivity contribution >= 4 is 5.82 Å². The predicted molar refractivity (Wildman–Crippen MR) is 81.2 cm³/mol. The number of nitrogens with one attached hydrogen (secondary N) is 1. The second kappa shape index (κ2) is 6.88. The fourth-order valence-electron chi connectivity index (χ4n) is 2.60. The molecular weight excluding hydrogens is 252 g/mol. The van der Waals surface area contributed by atoms with Crippen molar-refractivity contribution in [2.24, 2.45) is 5.92 Å². The number of hydrogen-bond acceptors (Lipinski definition) is 5. The van der Waals surface area contributed by atoms with Crippen LogP contribution in [0.15, 0.2) is 6.07 Å². The Morgan fingerprint density at radius 3 is 2.90 bits per heavy atom. The molecule has 5 nitrogen and oxygen atoms in total. The summed E-state index contributed by atoms with van der Waals surface area (Å²) < 4.78 is 5.45. The van der Waals surface area contributed by atoms with Crippen molar-refractivity contribution in [3.05, 3.63) is 11.9 Å². The summed E-state index contributed by atoms with van der Waals surface area (Å²) in [5.74, 6) is 2.96. The number of ether oxygens (including phenoxy) is 1. The van der Waals surface area contributed by atoms with Gasteiger partial charge in [-0.2, -0.15) is 4.98 Å². The first-order valence-corrected chi connectivity index (χ1v) is 7.55. The Labute approximate surface area is 121 Å². The van der Waals surface area contributed by atoms with Crippen LogP contribution in [0.1, 0.15) is 33.0 Å². The highest BCUT2D eigenvalue weighted by Gasteiger charge is 2.23. The third-order valence-electron chi connectivity index (χ3n) is 3.73. The number of rotatable bonds is 6. The molecule has 2 rings (SSSR count). The summed E-state index contributed by atoms with van der Waals surface area (Å²) in [4.78, 5) is 11.2. The van der Waals surface area contributed by atoms with Gasteiger partial charge in [0.15, 0.2) is 0 Å². The molecule has 0 aromatic carbocycles. The molecule has 0 saturated carbocycles. The molecular formula is C15H26N4O. The average molecular weight is 278 g/mol. The Hall–Kier alpha value is -1.36. The third-order valence-corrected chi connectivity index (χ3v) is 3.73. The van der Waals surface area contributed by atoms with Crippen LogP contribution in [0.25, 0.3) is 0 Å². The van der Waals surface area contributed by atoms with Gasteiger partial charge in [0, 0.05) is 25.2 Å². The zero-order valence-corrected chi connectivity index (χ0v) is 13.0. The summed E-state index contributed by atoms with van der Waals surface area (Å²) in [5, 5.41) is 3.43. The van der Waals surface area contributed by atoms with E-state index in [1.165, 1.54) is 19.5 Å². The molecule has 1 atom stereocenters. The topological polar surface area (TPSA) is 50.3 Å². The van der Waals surface area contributed by atoms with Crippen molar-refractivity contribution < 1.29 is 4.74 Å². The van der Waals surface area contributed by atoms with E-state index < -0.39 is 0 Å².